The fourth-order valence-electron chi connectivity index (χ4n) is 8.04. The van der Waals surface area contributed by atoms with Crippen LogP contribution in [0.15, 0.2) is 91.3 Å². The van der Waals surface area contributed by atoms with Gasteiger partial charge in [0.1, 0.15) is 24.5 Å². The number of phenols is 1. The maximum absolute atomic E-state index is 12.9. The number of amides is 5. The molecule has 2 aromatic heterocycles. The first-order valence-electron chi connectivity index (χ1n) is 18.7. The van der Waals surface area contributed by atoms with Crippen molar-refractivity contribution in [2.75, 3.05) is 43.4 Å². The van der Waals surface area contributed by atoms with Gasteiger partial charge in [-0.3, -0.25) is 9.69 Å². The number of aliphatic hydroxyl groups excluding tert-OH is 2. The molecular weight excluding hydrogens is 717 g/mol. The van der Waals surface area contributed by atoms with E-state index in [0.29, 0.717) is 49.0 Å². The summed E-state index contributed by atoms with van der Waals surface area (Å²) in [6.45, 7) is 1.60. The molecule has 0 spiro atoms. The first kappa shape index (κ1) is 36.7. The molecule has 290 valence electrons. The van der Waals surface area contributed by atoms with Crippen LogP contribution in [-0.4, -0.2) is 120 Å². The summed E-state index contributed by atoms with van der Waals surface area (Å²) in [6.07, 6.45) is -0.420. The average molecular weight is 761 g/mol. The van der Waals surface area contributed by atoms with Crippen molar-refractivity contribution in [2.45, 2.75) is 55.6 Å². The number of imidazole rings is 1. The summed E-state index contributed by atoms with van der Waals surface area (Å²) in [5.74, 6) is 0.517. The lowest BCUT2D eigenvalue weighted by molar-refractivity contribution is -0.128. The minimum Gasteiger partial charge on any atom is -0.508 e. The number of carbonyl (C=O) groups is 3. The number of aromatic hydroxyl groups is 1. The Balaban J connectivity index is 1.08. The van der Waals surface area contributed by atoms with Crippen LogP contribution in [0.3, 0.4) is 0 Å². The molecule has 1 aliphatic carbocycles. The van der Waals surface area contributed by atoms with Crippen molar-refractivity contribution in [1.29, 1.82) is 0 Å². The van der Waals surface area contributed by atoms with Gasteiger partial charge in [0.2, 0.25) is 5.95 Å². The number of aliphatic hydroxyl groups is 2. The zero-order valence-electron chi connectivity index (χ0n) is 30.8. The van der Waals surface area contributed by atoms with E-state index in [0.717, 1.165) is 21.6 Å². The number of likely N-dealkylation sites (N-methyl/N-ethyl adjacent to an activating group) is 1. The van der Waals surface area contributed by atoms with Gasteiger partial charge in [0.25, 0.3) is 5.91 Å². The van der Waals surface area contributed by atoms with Gasteiger partial charge in [0.05, 0.1) is 18.4 Å². The average Bonchev–Trinajstić information content (AvgIpc) is 3.97. The van der Waals surface area contributed by atoms with Gasteiger partial charge in [0.15, 0.2) is 17.0 Å². The summed E-state index contributed by atoms with van der Waals surface area (Å²) in [6, 6.07) is 24.3. The standard InChI is InChI=1S/C40H44N10O6/c1-47-22-32(52)50(40(47)56)31-18-30(34(53)35(31)54)49-23-43-33-36(41-20-29(25-10-4-2-5-11-25)26-12-6-3-7-13-26)45-38(46-37(33)49)48-16-15-27(21-48)44-39(55)42-19-24-9-8-14-28(51)17-24/h2-14,17,23,27,29-31,34-35,51,53-54H,15-16,18-22H2,1H3,(H,41,45,46)(H2,42,44,55). The molecule has 5 aromatic rings. The van der Waals surface area contributed by atoms with Gasteiger partial charge in [-0.2, -0.15) is 9.97 Å². The molecule has 3 aromatic carbocycles. The molecule has 8 rings (SSSR count). The third-order valence-electron chi connectivity index (χ3n) is 10.9. The molecule has 2 aliphatic heterocycles. The van der Waals surface area contributed by atoms with Gasteiger partial charge in [-0.05, 0) is 41.7 Å². The number of nitrogens with one attached hydrogen (secondary N) is 3. The molecule has 1 saturated carbocycles. The van der Waals surface area contributed by atoms with Crippen LogP contribution in [0.2, 0.25) is 0 Å². The molecule has 2 saturated heterocycles. The van der Waals surface area contributed by atoms with Crippen molar-refractivity contribution in [3.63, 3.8) is 0 Å². The molecule has 5 amide bonds. The molecule has 4 heterocycles. The Hall–Kier alpha value is -6.26. The summed E-state index contributed by atoms with van der Waals surface area (Å²) < 4.78 is 1.70. The predicted molar refractivity (Wildman–Crippen MR) is 207 cm³/mol. The second-order valence-corrected chi connectivity index (χ2v) is 14.6. The van der Waals surface area contributed by atoms with E-state index in [-0.39, 0.29) is 43.3 Å². The molecule has 0 bridgehead atoms. The van der Waals surface area contributed by atoms with Crippen molar-refractivity contribution in [3.05, 3.63) is 108 Å². The first-order valence-corrected chi connectivity index (χ1v) is 18.7. The van der Waals surface area contributed by atoms with Crippen LogP contribution in [0.25, 0.3) is 11.2 Å². The molecule has 3 aliphatic rings. The number of urea groups is 2. The summed E-state index contributed by atoms with van der Waals surface area (Å²) in [5.41, 5.74) is 3.85. The lowest BCUT2D eigenvalue weighted by atomic mass is 9.91. The Morgan fingerprint density at radius 2 is 1.64 bits per heavy atom. The van der Waals surface area contributed by atoms with Gasteiger partial charge in [-0.1, -0.05) is 72.8 Å². The Morgan fingerprint density at radius 3 is 2.32 bits per heavy atom. The van der Waals surface area contributed by atoms with Crippen molar-refractivity contribution < 1.29 is 29.7 Å². The van der Waals surface area contributed by atoms with E-state index in [4.69, 9.17) is 15.0 Å². The van der Waals surface area contributed by atoms with Crippen LogP contribution >= 0.6 is 0 Å². The number of hydrogen-bond donors (Lipinski definition) is 6. The minimum atomic E-state index is -1.38. The number of imide groups is 1. The highest BCUT2D eigenvalue weighted by Crippen LogP contribution is 2.38. The highest BCUT2D eigenvalue weighted by Gasteiger charge is 2.51. The van der Waals surface area contributed by atoms with Crippen molar-refractivity contribution in [1.82, 2.24) is 40.0 Å². The number of nitrogens with zero attached hydrogens (tertiary/aromatic N) is 7. The topological polar surface area (TPSA) is 201 Å². The normalized spacial score (nSPS) is 22.4. The van der Waals surface area contributed by atoms with Gasteiger partial charge < -0.3 is 45.6 Å². The Bertz CT molecular complexity index is 2180. The quantitative estimate of drug-likeness (QED) is 0.108. The van der Waals surface area contributed by atoms with Crippen LogP contribution in [0, 0.1) is 0 Å². The number of rotatable bonds is 11. The minimum absolute atomic E-state index is 0.0343. The smallest absolute Gasteiger partial charge is 0.327 e. The number of phenolic OH excluding ortho intramolecular Hbond substituents is 1. The number of benzene rings is 3. The molecule has 56 heavy (non-hydrogen) atoms. The Labute approximate surface area is 322 Å². The highest BCUT2D eigenvalue weighted by molar-refractivity contribution is 6.02. The van der Waals surface area contributed by atoms with E-state index in [1.165, 1.54) is 11.9 Å². The number of fused-ring (bicyclic) bond motifs is 1. The summed E-state index contributed by atoms with van der Waals surface area (Å²) in [4.78, 5) is 57.5. The van der Waals surface area contributed by atoms with Gasteiger partial charge in [0, 0.05) is 45.2 Å². The molecular formula is C40H44N10O6. The zero-order chi connectivity index (χ0) is 38.9. The SMILES string of the molecule is CN1CC(=O)N(C2CC(n3cnc4c(NCC(c5ccccc5)c5ccccc5)nc(N5CCC(NC(=O)NCc6cccc(O)c6)C5)nc43)C(O)C2O)C1=O. The van der Waals surface area contributed by atoms with Crippen molar-refractivity contribution >= 4 is 40.9 Å². The van der Waals surface area contributed by atoms with Gasteiger partial charge in [-0.25, -0.2) is 14.6 Å². The number of aromatic nitrogens is 4. The molecule has 0 radical (unpaired) electrons. The van der Waals surface area contributed by atoms with Crippen molar-refractivity contribution in [3.8, 4) is 5.75 Å². The zero-order valence-corrected chi connectivity index (χ0v) is 30.8. The Kier molecular flexibility index (Phi) is 10.1. The fraction of sp³-hybridized carbons (Fsp3) is 0.350. The molecule has 16 heteroatoms. The van der Waals surface area contributed by atoms with E-state index in [2.05, 4.69) is 40.2 Å². The van der Waals surface area contributed by atoms with Crippen molar-refractivity contribution in [2.24, 2.45) is 0 Å². The van der Waals surface area contributed by atoms with E-state index < -0.39 is 36.2 Å². The van der Waals surface area contributed by atoms with Gasteiger partial charge in [-0.15, -0.1) is 0 Å². The maximum atomic E-state index is 12.9. The van der Waals surface area contributed by atoms with Crippen LogP contribution in [-0.2, 0) is 11.3 Å². The Morgan fingerprint density at radius 1 is 0.929 bits per heavy atom. The number of anilines is 2. The van der Waals surface area contributed by atoms with E-state index in [9.17, 15) is 29.7 Å². The molecule has 6 N–H and O–H groups in total. The first-order chi connectivity index (χ1) is 27.1. The van der Waals surface area contributed by atoms with Crippen LogP contribution in [0.5, 0.6) is 5.75 Å². The van der Waals surface area contributed by atoms with E-state index in [1.54, 1.807) is 29.1 Å². The monoisotopic (exact) mass is 760 g/mol. The predicted octanol–water partition coefficient (Wildman–Crippen LogP) is 2.78. The van der Waals surface area contributed by atoms with E-state index in [1.807, 2.05) is 47.4 Å². The second-order valence-electron chi connectivity index (χ2n) is 14.6. The maximum Gasteiger partial charge on any atom is 0.327 e. The molecule has 16 nitrogen and oxygen atoms in total. The largest absolute Gasteiger partial charge is 0.508 e. The van der Waals surface area contributed by atoms with Crippen LogP contribution in [0.4, 0.5) is 21.4 Å². The highest BCUT2D eigenvalue weighted by atomic mass is 16.3. The molecule has 5 atom stereocenters. The molecule has 3 fully saturated rings. The molecule has 5 unspecified atom stereocenters. The van der Waals surface area contributed by atoms with Crippen LogP contribution < -0.4 is 20.9 Å². The lowest BCUT2D eigenvalue weighted by Crippen LogP contribution is -2.47. The summed E-state index contributed by atoms with van der Waals surface area (Å²) >= 11 is 0. The fourth-order valence-corrected chi connectivity index (χ4v) is 8.04. The third-order valence-corrected chi connectivity index (χ3v) is 10.9. The van der Waals surface area contributed by atoms with E-state index >= 15 is 0 Å². The third kappa shape index (κ3) is 7.27. The lowest BCUT2D eigenvalue weighted by Gasteiger charge is -2.24. The summed E-state index contributed by atoms with van der Waals surface area (Å²) in [7, 11) is 1.52. The number of carbonyl (C=O) groups excluding carboxylic acids is 3. The number of hydrogen-bond acceptors (Lipinski definition) is 11. The van der Waals surface area contributed by atoms with Gasteiger partial charge >= 0.3 is 12.1 Å². The second kappa shape index (κ2) is 15.5. The summed E-state index contributed by atoms with van der Waals surface area (Å²) in [5, 5.41) is 41.8. The van der Waals surface area contributed by atoms with Crippen LogP contribution in [0.1, 0.15) is 41.5 Å².